The van der Waals surface area contributed by atoms with Crippen molar-refractivity contribution >= 4 is 6.03 Å². The fourth-order valence-corrected chi connectivity index (χ4v) is 4.21. The minimum Gasteiger partial charge on any atom is -0.393 e. The summed E-state index contributed by atoms with van der Waals surface area (Å²) >= 11 is 0. The average molecular weight is 344 g/mol. The van der Waals surface area contributed by atoms with E-state index >= 15 is 0 Å². The molecule has 3 aliphatic rings. The quantitative estimate of drug-likeness (QED) is 0.883. The standard InChI is InChI=1S/C20H28N2O3/c23-19-9-11-25-13-17(19)18-2-1-10-22(18)20(24)21-12-14-3-5-15(6-4-14)16-7-8-16/h3-6,16-19,23H,1-2,7-13H2,(H,21,24)/t17-,18+,19-/m0/s1. The molecule has 0 unspecified atom stereocenters. The lowest BCUT2D eigenvalue weighted by molar-refractivity contribution is -0.0576. The Kier molecular flexibility index (Phi) is 4.95. The fourth-order valence-electron chi connectivity index (χ4n) is 4.21. The molecule has 2 heterocycles. The number of hydrogen-bond donors (Lipinski definition) is 2. The van der Waals surface area contributed by atoms with Crippen LogP contribution in [0.3, 0.4) is 0 Å². The lowest BCUT2D eigenvalue weighted by Crippen LogP contribution is -2.50. The van der Waals surface area contributed by atoms with Crippen molar-refractivity contribution in [3.05, 3.63) is 35.4 Å². The second kappa shape index (κ2) is 7.34. The molecule has 3 atom stereocenters. The summed E-state index contributed by atoms with van der Waals surface area (Å²) < 4.78 is 5.54. The smallest absolute Gasteiger partial charge is 0.317 e. The maximum Gasteiger partial charge on any atom is 0.317 e. The van der Waals surface area contributed by atoms with E-state index in [1.807, 2.05) is 4.90 Å². The van der Waals surface area contributed by atoms with E-state index in [1.165, 1.54) is 18.4 Å². The van der Waals surface area contributed by atoms with E-state index in [0.717, 1.165) is 30.9 Å². The summed E-state index contributed by atoms with van der Waals surface area (Å²) in [7, 11) is 0. The molecule has 1 aromatic rings. The van der Waals surface area contributed by atoms with Crippen molar-refractivity contribution in [2.75, 3.05) is 19.8 Å². The largest absolute Gasteiger partial charge is 0.393 e. The van der Waals surface area contributed by atoms with Crippen molar-refractivity contribution < 1.29 is 14.6 Å². The van der Waals surface area contributed by atoms with Crippen molar-refractivity contribution in [1.82, 2.24) is 10.2 Å². The van der Waals surface area contributed by atoms with Crippen LogP contribution in [0.2, 0.25) is 0 Å². The molecule has 5 heteroatoms. The van der Waals surface area contributed by atoms with Crippen LogP contribution in [0.1, 0.15) is 49.1 Å². The highest BCUT2D eigenvalue weighted by molar-refractivity contribution is 5.75. The Bertz CT molecular complexity index is 599. The number of amides is 2. The van der Waals surface area contributed by atoms with Crippen molar-refractivity contribution in [3.63, 3.8) is 0 Å². The summed E-state index contributed by atoms with van der Waals surface area (Å²) in [6.07, 6.45) is 4.88. The maximum absolute atomic E-state index is 12.7. The van der Waals surface area contributed by atoms with Gasteiger partial charge in [0.05, 0.1) is 12.7 Å². The average Bonchev–Trinajstić information content (AvgIpc) is 3.37. The highest BCUT2D eigenvalue weighted by Crippen LogP contribution is 2.39. The molecular formula is C20H28N2O3. The maximum atomic E-state index is 12.7. The first kappa shape index (κ1) is 16.9. The predicted molar refractivity (Wildman–Crippen MR) is 95.3 cm³/mol. The molecule has 2 saturated heterocycles. The molecule has 1 aliphatic carbocycles. The molecule has 2 aliphatic heterocycles. The van der Waals surface area contributed by atoms with Gasteiger partial charge in [-0.1, -0.05) is 24.3 Å². The van der Waals surface area contributed by atoms with Crippen molar-refractivity contribution in [2.45, 2.75) is 56.7 Å². The predicted octanol–water partition coefficient (Wildman–Crippen LogP) is 2.64. The molecule has 3 fully saturated rings. The third-order valence-electron chi connectivity index (χ3n) is 5.89. The number of carbonyl (C=O) groups is 1. The number of nitrogens with zero attached hydrogens (tertiary/aromatic N) is 1. The number of urea groups is 1. The van der Waals surface area contributed by atoms with E-state index in [2.05, 4.69) is 29.6 Å². The number of hydrogen-bond acceptors (Lipinski definition) is 3. The van der Waals surface area contributed by atoms with Crippen molar-refractivity contribution in [2.24, 2.45) is 5.92 Å². The molecule has 0 spiro atoms. The normalized spacial score (nSPS) is 29.6. The topological polar surface area (TPSA) is 61.8 Å². The van der Waals surface area contributed by atoms with Gasteiger partial charge < -0.3 is 20.1 Å². The lowest BCUT2D eigenvalue weighted by Gasteiger charge is -2.36. The van der Waals surface area contributed by atoms with Crippen LogP contribution < -0.4 is 5.32 Å². The van der Waals surface area contributed by atoms with Crippen LogP contribution in [0.5, 0.6) is 0 Å². The second-order valence-corrected chi connectivity index (χ2v) is 7.67. The highest BCUT2D eigenvalue weighted by atomic mass is 16.5. The number of benzene rings is 1. The minimum atomic E-state index is -0.359. The van der Waals surface area contributed by atoms with Crippen LogP contribution in [0.25, 0.3) is 0 Å². The number of rotatable bonds is 4. The van der Waals surface area contributed by atoms with E-state index in [-0.39, 0.29) is 24.1 Å². The second-order valence-electron chi connectivity index (χ2n) is 7.67. The lowest BCUT2D eigenvalue weighted by atomic mass is 9.89. The number of aliphatic hydroxyl groups is 1. The molecular weight excluding hydrogens is 316 g/mol. The molecule has 2 N–H and O–H groups in total. The van der Waals surface area contributed by atoms with Gasteiger partial charge >= 0.3 is 6.03 Å². The molecule has 1 saturated carbocycles. The van der Waals surface area contributed by atoms with Crippen molar-refractivity contribution in [1.29, 1.82) is 0 Å². The van der Waals surface area contributed by atoms with Crippen LogP contribution >= 0.6 is 0 Å². The van der Waals surface area contributed by atoms with Gasteiger partial charge in [0.25, 0.3) is 0 Å². The minimum absolute atomic E-state index is 0.0217. The molecule has 25 heavy (non-hydrogen) atoms. The van der Waals surface area contributed by atoms with E-state index in [9.17, 15) is 9.90 Å². The van der Waals surface area contributed by atoms with Gasteiger partial charge in [-0.2, -0.15) is 0 Å². The molecule has 4 rings (SSSR count). The van der Waals surface area contributed by atoms with Gasteiger partial charge in [-0.3, -0.25) is 0 Å². The van der Waals surface area contributed by atoms with Crippen molar-refractivity contribution in [3.8, 4) is 0 Å². The van der Waals surface area contributed by atoms with Crippen LogP contribution in [0, 0.1) is 5.92 Å². The molecule has 0 radical (unpaired) electrons. The first-order valence-corrected chi connectivity index (χ1v) is 9.61. The summed E-state index contributed by atoms with van der Waals surface area (Å²) in [4.78, 5) is 14.6. The molecule has 5 nitrogen and oxygen atoms in total. The number of carbonyl (C=O) groups excluding carboxylic acids is 1. The Morgan fingerprint density at radius 2 is 2.00 bits per heavy atom. The molecule has 2 amide bonds. The van der Waals surface area contributed by atoms with E-state index in [4.69, 9.17) is 4.74 Å². The zero-order chi connectivity index (χ0) is 17.2. The molecule has 0 bridgehead atoms. The van der Waals surface area contributed by atoms with E-state index < -0.39 is 0 Å². The summed E-state index contributed by atoms with van der Waals surface area (Å²) in [6.45, 7) is 2.49. The molecule has 136 valence electrons. The Balaban J connectivity index is 1.33. The SMILES string of the molecule is O=C(NCc1ccc(C2CC2)cc1)N1CCC[C@@H]1[C@@H]1COCC[C@@H]1O. The van der Waals surface area contributed by atoms with Gasteiger partial charge in [0.1, 0.15) is 0 Å². The summed E-state index contributed by atoms with van der Waals surface area (Å²) in [6, 6.07) is 8.68. The summed E-state index contributed by atoms with van der Waals surface area (Å²) in [5.41, 5.74) is 2.55. The number of likely N-dealkylation sites (tertiary alicyclic amines) is 1. The number of ether oxygens (including phenoxy) is 1. The first-order chi connectivity index (χ1) is 12.2. The highest BCUT2D eigenvalue weighted by Gasteiger charge is 2.39. The van der Waals surface area contributed by atoms with E-state index in [0.29, 0.717) is 26.2 Å². The van der Waals surface area contributed by atoms with Gasteiger partial charge in [-0.25, -0.2) is 4.79 Å². The Hall–Kier alpha value is -1.59. The zero-order valence-corrected chi connectivity index (χ0v) is 14.7. The van der Waals surface area contributed by atoms with Crippen LogP contribution in [0.15, 0.2) is 24.3 Å². The van der Waals surface area contributed by atoms with Crippen LogP contribution in [-0.4, -0.2) is 47.9 Å². The Morgan fingerprint density at radius 3 is 2.72 bits per heavy atom. The Morgan fingerprint density at radius 1 is 1.20 bits per heavy atom. The van der Waals surface area contributed by atoms with Crippen LogP contribution in [0.4, 0.5) is 4.79 Å². The fraction of sp³-hybridized carbons (Fsp3) is 0.650. The summed E-state index contributed by atoms with van der Waals surface area (Å²) in [5, 5.41) is 13.3. The van der Waals surface area contributed by atoms with Gasteiger partial charge in [-0.15, -0.1) is 0 Å². The molecule has 1 aromatic carbocycles. The van der Waals surface area contributed by atoms with Gasteiger partial charge in [-0.05, 0) is 49.1 Å². The third-order valence-corrected chi connectivity index (χ3v) is 5.89. The van der Waals surface area contributed by atoms with Gasteiger partial charge in [0.15, 0.2) is 0 Å². The monoisotopic (exact) mass is 344 g/mol. The zero-order valence-electron chi connectivity index (χ0n) is 14.7. The van der Waals surface area contributed by atoms with E-state index in [1.54, 1.807) is 0 Å². The molecule has 0 aromatic heterocycles. The first-order valence-electron chi connectivity index (χ1n) is 9.61. The third kappa shape index (κ3) is 3.82. The van der Waals surface area contributed by atoms with Crippen LogP contribution in [-0.2, 0) is 11.3 Å². The van der Waals surface area contributed by atoms with Gasteiger partial charge in [0.2, 0.25) is 0 Å². The summed E-state index contributed by atoms with van der Waals surface area (Å²) in [5.74, 6) is 0.804. The number of nitrogens with one attached hydrogen (secondary N) is 1. The number of aliphatic hydroxyl groups excluding tert-OH is 1. The Labute approximate surface area is 149 Å². The van der Waals surface area contributed by atoms with Gasteiger partial charge in [0, 0.05) is 31.7 Å².